The van der Waals surface area contributed by atoms with Gasteiger partial charge >= 0.3 is 0 Å². The molecule has 4 N–H and O–H groups in total. The van der Waals surface area contributed by atoms with Crippen molar-refractivity contribution < 1.29 is 0 Å². The Balaban J connectivity index is 2.11. The van der Waals surface area contributed by atoms with Gasteiger partial charge in [-0.1, -0.05) is 65.7 Å². The van der Waals surface area contributed by atoms with E-state index >= 15 is 0 Å². The van der Waals surface area contributed by atoms with Crippen LogP contribution in [-0.4, -0.2) is 9.97 Å². The van der Waals surface area contributed by atoms with Crippen LogP contribution >= 0.6 is 23.2 Å². The number of benzene rings is 2. The highest BCUT2D eigenvalue weighted by atomic mass is 35.5. The number of anilines is 2. The van der Waals surface area contributed by atoms with Gasteiger partial charge in [-0.15, -0.1) is 0 Å². The molecule has 1 heterocycles. The fourth-order valence-electron chi connectivity index (χ4n) is 2.32. The summed E-state index contributed by atoms with van der Waals surface area (Å²) in [6.45, 7) is 0. The number of aromatic nitrogens is 2. The lowest BCUT2D eigenvalue weighted by Gasteiger charge is -2.10. The van der Waals surface area contributed by atoms with Crippen LogP contribution in [0, 0.1) is 0 Å². The van der Waals surface area contributed by atoms with Crippen LogP contribution in [0.2, 0.25) is 10.0 Å². The summed E-state index contributed by atoms with van der Waals surface area (Å²) in [7, 11) is 0. The van der Waals surface area contributed by atoms with Crippen molar-refractivity contribution in [2.24, 2.45) is 0 Å². The zero-order valence-corrected chi connectivity index (χ0v) is 14.1. The van der Waals surface area contributed by atoms with Crippen molar-refractivity contribution in [2.45, 2.75) is 0 Å². The molecule has 0 amide bonds. The molecule has 0 spiro atoms. The van der Waals surface area contributed by atoms with Crippen LogP contribution in [0.25, 0.3) is 23.3 Å². The van der Waals surface area contributed by atoms with E-state index < -0.39 is 0 Å². The highest BCUT2D eigenvalue weighted by Gasteiger charge is 2.13. The molecule has 4 nitrogen and oxygen atoms in total. The zero-order valence-electron chi connectivity index (χ0n) is 12.6. The fraction of sp³-hybridized carbons (Fsp3) is 0. The summed E-state index contributed by atoms with van der Waals surface area (Å²) in [4.78, 5) is 8.35. The van der Waals surface area contributed by atoms with Crippen LogP contribution in [0.4, 0.5) is 11.8 Å². The molecule has 6 heteroatoms. The summed E-state index contributed by atoms with van der Waals surface area (Å²) in [5.74, 6) is 0.401. The topological polar surface area (TPSA) is 77.8 Å². The first kappa shape index (κ1) is 16.3. The van der Waals surface area contributed by atoms with Gasteiger partial charge in [0.05, 0.1) is 15.7 Å². The van der Waals surface area contributed by atoms with Gasteiger partial charge in [0.1, 0.15) is 5.82 Å². The third-order valence-corrected chi connectivity index (χ3v) is 4.16. The third-order valence-electron chi connectivity index (χ3n) is 3.42. The van der Waals surface area contributed by atoms with Crippen LogP contribution in [0.15, 0.2) is 48.5 Å². The van der Waals surface area contributed by atoms with Gasteiger partial charge in [-0.3, -0.25) is 0 Å². The van der Waals surface area contributed by atoms with Crippen molar-refractivity contribution >= 4 is 47.1 Å². The molecule has 0 atom stereocenters. The largest absolute Gasteiger partial charge is 0.383 e. The Bertz CT molecular complexity index is 908. The quantitative estimate of drug-likeness (QED) is 0.707. The van der Waals surface area contributed by atoms with Crippen LogP contribution in [0.1, 0.15) is 11.3 Å². The Labute approximate surface area is 149 Å². The van der Waals surface area contributed by atoms with E-state index in [0.29, 0.717) is 21.3 Å². The number of halogens is 2. The number of hydrogen-bond acceptors (Lipinski definition) is 4. The second-order valence-electron chi connectivity index (χ2n) is 5.10. The van der Waals surface area contributed by atoms with Gasteiger partial charge < -0.3 is 11.5 Å². The highest BCUT2D eigenvalue weighted by molar-refractivity contribution is 6.42. The minimum Gasteiger partial charge on any atom is -0.383 e. The minimum absolute atomic E-state index is 0.115. The summed E-state index contributed by atoms with van der Waals surface area (Å²) in [5, 5.41) is 0.903. The predicted molar refractivity (Wildman–Crippen MR) is 102 cm³/mol. The van der Waals surface area contributed by atoms with Crippen molar-refractivity contribution in [1.82, 2.24) is 9.97 Å². The van der Waals surface area contributed by atoms with Gasteiger partial charge in [-0.25, -0.2) is 4.98 Å². The maximum atomic E-state index is 6.12. The summed E-state index contributed by atoms with van der Waals surface area (Å²) < 4.78 is 0. The normalized spacial score (nSPS) is 11.1. The van der Waals surface area contributed by atoms with Crippen molar-refractivity contribution in [3.8, 4) is 11.1 Å². The monoisotopic (exact) mass is 356 g/mol. The third kappa shape index (κ3) is 3.50. The number of nitrogens with two attached hydrogens (primary N) is 2. The van der Waals surface area contributed by atoms with E-state index in [9.17, 15) is 0 Å². The first-order chi connectivity index (χ1) is 11.5. The molecule has 0 fully saturated rings. The molecule has 0 unspecified atom stereocenters. The summed E-state index contributed by atoms with van der Waals surface area (Å²) in [6, 6.07) is 15.1. The summed E-state index contributed by atoms with van der Waals surface area (Å²) in [6.07, 6.45) is 3.78. The Kier molecular flexibility index (Phi) is 4.69. The number of nitrogen functional groups attached to an aromatic ring is 2. The first-order valence-corrected chi connectivity index (χ1v) is 7.92. The predicted octanol–water partition coefficient (Wildman–Crippen LogP) is 4.79. The molecular weight excluding hydrogens is 343 g/mol. The molecule has 3 aromatic rings. The second-order valence-corrected chi connectivity index (χ2v) is 5.91. The maximum Gasteiger partial charge on any atom is 0.222 e. The van der Waals surface area contributed by atoms with Gasteiger partial charge in [0, 0.05) is 5.56 Å². The zero-order chi connectivity index (χ0) is 17.1. The van der Waals surface area contributed by atoms with Crippen molar-refractivity contribution in [1.29, 1.82) is 0 Å². The molecule has 0 aliphatic carbocycles. The van der Waals surface area contributed by atoms with Crippen molar-refractivity contribution in [3.63, 3.8) is 0 Å². The molecule has 0 aliphatic heterocycles. The molecule has 1 aromatic heterocycles. The molecule has 0 aliphatic rings. The average Bonchev–Trinajstić information content (AvgIpc) is 2.56. The number of nitrogens with zero attached hydrogens (tertiary/aromatic N) is 2. The van der Waals surface area contributed by atoms with Crippen molar-refractivity contribution in [3.05, 3.63) is 69.8 Å². The second kappa shape index (κ2) is 6.91. The lowest BCUT2D eigenvalue weighted by molar-refractivity contribution is 1.18. The lowest BCUT2D eigenvalue weighted by Crippen LogP contribution is -2.04. The van der Waals surface area contributed by atoms with E-state index in [1.807, 2.05) is 48.6 Å². The van der Waals surface area contributed by atoms with E-state index in [1.165, 1.54) is 0 Å². The molecular formula is C18H14Cl2N4. The smallest absolute Gasteiger partial charge is 0.222 e. The van der Waals surface area contributed by atoms with Gasteiger partial charge in [0.2, 0.25) is 5.95 Å². The number of hydrogen-bond donors (Lipinski definition) is 2. The fourth-order valence-corrected chi connectivity index (χ4v) is 2.62. The van der Waals surface area contributed by atoms with Gasteiger partial charge in [-0.05, 0) is 29.3 Å². The first-order valence-electron chi connectivity index (χ1n) is 7.16. The highest BCUT2D eigenvalue weighted by Crippen LogP contribution is 2.33. The van der Waals surface area contributed by atoms with E-state index in [1.54, 1.807) is 12.1 Å². The molecule has 2 aromatic carbocycles. The molecule has 24 heavy (non-hydrogen) atoms. The van der Waals surface area contributed by atoms with Gasteiger partial charge in [0.15, 0.2) is 0 Å². The van der Waals surface area contributed by atoms with Crippen LogP contribution in [0.3, 0.4) is 0 Å². The molecule has 0 saturated carbocycles. The molecule has 120 valence electrons. The lowest BCUT2D eigenvalue weighted by atomic mass is 10.0. The van der Waals surface area contributed by atoms with Crippen LogP contribution in [0.5, 0.6) is 0 Å². The van der Waals surface area contributed by atoms with E-state index in [4.69, 9.17) is 34.7 Å². The summed E-state index contributed by atoms with van der Waals surface area (Å²) in [5.41, 5.74) is 14.9. The van der Waals surface area contributed by atoms with Crippen molar-refractivity contribution in [2.75, 3.05) is 11.5 Å². The Morgan fingerprint density at radius 3 is 2.29 bits per heavy atom. The average molecular weight is 357 g/mol. The van der Waals surface area contributed by atoms with E-state index in [-0.39, 0.29) is 11.8 Å². The molecule has 0 bridgehead atoms. The minimum atomic E-state index is 0.115. The molecule has 0 radical (unpaired) electrons. The Morgan fingerprint density at radius 2 is 1.58 bits per heavy atom. The van der Waals surface area contributed by atoms with E-state index in [0.717, 1.165) is 11.1 Å². The molecule has 3 rings (SSSR count). The molecule has 0 saturated heterocycles. The summed E-state index contributed by atoms with van der Waals surface area (Å²) >= 11 is 12.1. The number of rotatable bonds is 3. The maximum absolute atomic E-state index is 6.12. The van der Waals surface area contributed by atoms with Gasteiger partial charge in [-0.2, -0.15) is 4.98 Å². The van der Waals surface area contributed by atoms with E-state index in [2.05, 4.69) is 9.97 Å². The van der Waals surface area contributed by atoms with Crippen LogP contribution < -0.4 is 11.5 Å². The van der Waals surface area contributed by atoms with Gasteiger partial charge in [0.25, 0.3) is 0 Å². The standard InChI is InChI=1S/C18H14Cl2N4/c19-13-8-7-12(10-14(13)20)16-15(23-18(22)24-17(16)21)9-6-11-4-2-1-3-5-11/h1-10H,(H4,21,22,23,24). The SMILES string of the molecule is Nc1nc(N)c(-c2ccc(Cl)c(Cl)c2)c(C=Cc2ccccc2)n1. The van der Waals surface area contributed by atoms with Crippen LogP contribution in [-0.2, 0) is 0 Å². The Hall–Kier alpha value is -2.56. The Morgan fingerprint density at radius 1 is 0.833 bits per heavy atom.